The molecule has 0 spiro atoms. The molecule has 1 heterocycles. The minimum absolute atomic E-state index is 0.0133. The Hall–Kier alpha value is -1.33. The summed E-state index contributed by atoms with van der Waals surface area (Å²) < 4.78 is 5.14. The Morgan fingerprint density at radius 3 is 2.89 bits per heavy atom. The van der Waals surface area contributed by atoms with Crippen molar-refractivity contribution in [3.8, 4) is 0 Å². The van der Waals surface area contributed by atoms with Gasteiger partial charge in [-0.25, -0.2) is 4.79 Å². The van der Waals surface area contributed by atoms with E-state index in [0.717, 1.165) is 31.4 Å². The maximum Gasteiger partial charge on any atom is 0.371 e. The molecule has 18 heavy (non-hydrogen) atoms. The normalized spacial score (nSPS) is 23.4. The summed E-state index contributed by atoms with van der Waals surface area (Å²) in [6.07, 6.45) is 2.66. The van der Waals surface area contributed by atoms with Crippen LogP contribution in [0.4, 0.5) is 0 Å². The number of nitrogens with one attached hydrogen (secondary N) is 1. The fourth-order valence-corrected chi connectivity index (χ4v) is 2.45. The Labute approximate surface area is 106 Å². The summed E-state index contributed by atoms with van der Waals surface area (Å²) in [5.41, 5.74) is 0.881. The summed E-state index contributed by atoms with van der Waals surface area (Å²) in [5, 5.41) is 21.5. The first kappa shape index (κ1) is 13.1. The van der Waals surface area contributed by atoms with Crippen molar-refractivity contribution in [3.63, 3.8) is 0 Å². The maximum absolute atomic E-state index is 10.7. The van der Waals surface area contributed by atoms with Crippen LogP contribution >= 0.6 is 0 Å². The number of carboxylic acids is 1. The number of aliphatic hydroxyl groups excluding tert-OH is 1. The number of aromatic carboxylic acids is 1. The van der Waals surface area contributed by atoms with Crippen molar-refractivity contribution >= 4 is 5.97 Å². The largest absolute Gasteiger partial charge is 0.475 e. The molecule has 2 atom stereocenters. The zero-order valence-electron chi connectivity index (χ0n) is 10.5. The van der Waals surface area contributed by atoms with Gasteiger partial charge in [-0.05, 0) is 44.7 Å². The van der Waals surface area contributed by atoms with Gasteiger partial charge in [0.1, 0.15) is 5.76 Å². The summed E-state index contributed by atoms with van der Waals surface area (Å²) in [5.74, 6) is 0.112. The van der Waals surface area contributed by atoms with Gasteiger partial charge in [0.2, 0.25) is 5.76 Å². The van der Waals surface area contributed by atoms with E-state index in [-0.39, 0.29) is 11.9 Å². The van der Waals surface area contributed by atoms with E-state index >= 15 is 0 Å². The van der Waals surface area contributed by atoms with Crippen LogP contribution in [0.15, 0.2) is 10.5 Å². The van der Waals surface area contributed by atoms with Crippen LogP contribution in [0.3, 0.4) is 0 Å². The van der Waals surface area contributed by atoms with Gasteiger partial charge in [-0.2, -0.15) is 0 Å². The topological polar surface area (TPSA) is 82.7 Å². The Morgan fingerprint density at radius 2 is 2.33 bits per heavy atom. The van der Waals surface area contributed by atoms with Gasteiger partial charge in [0.25, 0.3) is 0 Å². The molecule has 1 aliphatic carbocycles. The maximum atomic E-state index is 10.7. The summed E-state index contributed by atoms with van der Waals surface area (Å²) in [4.78, 5) is 10.7. The van der Waals surface area contributed by atoms with Gasteiger partial charge in [0.15, 0.2) is 0 Å². The molecule has 0 amide bonds. The van der Waals surface area contributed by atoms with Crippen molar-refractivity contribution in [1.29, 1.82) is 0 Å². The summed E-state index contributed by atoms with van der Waals surface area (Å²) in [7, 11) is 0. The van der Waals surface area contributed by atoms with Crippen molar-refractivity contribution in [3.05, 3.63) is 23.2 Å². The molecular weight excluding hydrogens is 234 g/mol. The van der Waals surface area contributed by atoms with Gasteiger partial charge in [-0.3, -0.25) is 0 Å². The van der Waals surface area contributed by atoms with E-state index in [4.69, 9.17) is 9.52 Å². The van der Waals surface area contributed by atoms with Crippen molar-refractivity contribution < 1.29 is 19.4 Å². The number of hydrogen-bond donors (Lipinski definition) is 3. The van der Waals surface area contributed by atoms with E-state index in [0.29, 0.717) is 18.2 Å². The fraction of sp³-hybridized carbons (Fsp3) is 0.615. The lowest BCUT2D eigenvalue weighted by Crippen LogP contribution is -2.21. The summed E-state index contributed by atoms with van der Waals surface area (Å²) in [6, 6.07) is 1.56. The highest BCUT2D eigenvalue weighted by molar-refractivity contribution is 5.84. The predicted octanol–water partition coefficient (Wildman–Crippen LogP) is 1.54. The minimum Gasteiger partial charge on any atom is -0.475 e. The van der Waals surface area contributed by atoms with Crippen LogP contribution in [0, 0.1) is 12.8 Å². The third kappa shape index (κ3) is 3.11. The molecule has 0 aromatic carbocycles. The molecule has 5 nitrogen and oxygen atoms in total. The van der Waals surface area contributed by atoms with Crippen LogP contribution in [-0.4, -0.2) is 28.8 Å². The fourth-order valence-electron chi connectivity index (χ4n) is 2.45. The first-order valence-corrected chi connectivity index (χ1v) is 6.27. The third-order valence-corrected chi connectivity index (χ3v) is 3.49. The molecule has 1 fully saturated rings. The Morgan fingerprint density at radius 1 is 1.56 bits per heavy atom. The van der Waals surface area contributed by atoms with E-state index in [1.54, 1.807) is 13.0 Å². The highest BCUT2D eigenvalue weighted by Gasteiger charge is 2.22. The molecule has 1 aliphatic rings. The van der Waals surface area contributed by atoms with Crippen LogP contribution in [0.2, 0.25) is 0 Å². The standard InChI is InChI=1S/C13H19NO4/c1-8-10(5-12(18-8)13(16)17)7-14-6-9-2-3-11(15)4-9/h5,9,11,14-15H,2-4,6-7H2,1H3,(H,16,17). The first-order valence-electron chi connectivity index (χ1n) is 6.27. The number of hydrogen-bond acceptors (Lipinski definition) is 4. The second kappa shape index (κ2) is 5.54. The van der Waals surface area contributed by atoms with Gasteiger partial charge < -0.3 is 19.9 Å². The van der Waals surface area contributed by atoms with Crippen LogP contribution in [0.25, 0.3) is 0 Å². The van der Waals surface area contributed by atoms with Crippen molar-refractivity contribution in [2.45, 2.75) is 38.8 Å². The molecule has 3 N–H and O–H groups in total. The molecule has 0 aliphatic heterocycles. The van der Waals surface area contributed by atoms with Crippen molar-refractivity contribution in [2.24, 2.45) is 5.92 Å². The predicted molar refractivity (Wildman–Crippen MR) is 65.5 cm³/mol. The third-order valence-electron chi connectivity index (χ3n) is 3.49. The highest BCUT2D eigenvalue weighted by Crippen LogP contribution is 2.24. The molecule has 0 saturated heterocycles. The average molecular weight is 253 g/mol. The van der Waals surface area contributed by atoms with Gasteiger partial charge in [-0.1, -0.05) is 0 Å². The molecular formula is C13H19NO4. The number of furan rings is 1. The van der Waals surface area contributed by atoms with Crippen LogP contribution in [0.5, 0.6) is 0 Å². The number of carboxylic acid groups (broad SMARTS) is 1. The number of aryl methyl sites for hydroxylation is 1. The second-order valence-corrected chi connectivity index (χ2v) is 4.96. The van der Waals surface area contributed by atoms with E-state index in [9.17, 15) is 9.90 Å². The van der Waals surface area contributed by atoms with E-state index in [2.05, 4.69) is 5.32 Å². The van der Waals surface area contributed by atoms with Crippen molar-refractivity contribution in [1.82, 2.24) is 5.32 Å². The average Bonchev–Trinajstić information content (AvgIpc) is 2.87. The lowest BCUT2D eigenvalue weighted by Gasteiger charge is -2.10. The van der Waals surface area contributed by atoms with Gasteiger partial charge in [0, 0.05) is 12.1 Å². The Kier molecular flexibility index (Phi) is 4.04. The highest BCUT2D eigenvalue weighted by atomic mass is 16.4. The van der Waals surface area contributed by atoms with Crippen molar-refractivity contribution in [2.75, 3.05) is 6.54 Å². The molecule has 100 valence electrons. The summed E-state index contributed by atoms with van der Waals surface area (Å²) >= 11 is 0. The molecule has 1 aromatic rings. The molecule has 5 heteroatoms. The number of rotatable bonds is 5. The monoisotopic (exact) mass is 253 g/mol. The lowest BCUT2D eigenvalue weighted by atomic mass is 10.1. The molecule has 2 rings (SSSR count). The van der Waals surface area contributed by atoms with Crippen LogP contribution in [-0.2, 0) is 6.54 Å². The van der Waals surface area contributed by atoms with Crippen LogP contribution in [0.1, 0.15) is 41.1 Å². The van der Waals surface area contributed by atoms with E-state index in [1.807, 2.05) is 0 Å². The Balaban J connectivity index is 1.81. The molecule has 0 bridgehead atoms. The van der Waals surface area contributed by atoms with Crippen LogP contribution < -0.4 is 5.32 Å². The van der Waals surface area contributed by atoms with E-state index < -0.39 is 5.97 Å². The summed E-state index contributed by atoms with van der Waals surface area (Å²) in [6.45, 7) is 3.22. The van der Waals surface area contributed by atoms with Gasteiger partial charge in [-0.15, -0.1) is 0 Å². The number of aliphatic hydroxyl groups is 1. The Bertz CT molecular complexity index is 427. The second-order valence-electron chi connectivity index (χ2n) is 4.96. The van der Waals surface area contributed by atoms with Gasteiger partial charge in [0.05, 0.1) is 6.10 Å². The zero-order valence-corrected chi connectivity index (χ0v) is 10.5. The van der Waals surface area contributed by atoms with E-state index in [1.165, 1.54) is 0 Å². The van der Waals surface area contributed by atoms with Gasteiger partial charge >= 0.3 is 5.97 Å². The lowest BCUT2D eigenvalue weighted by molar-refractivity contribution is 0.0661. The smallest absolute Gasteiger partial charge is 0.371 e. The molecule has 1 saturated carbocycles. The quantitative estimate of drug-likeness (QED) is 0.741. The molecule has 1 aromatic heterocycles. The zero-order chi connectivity index (χ0) is 13.1. The SMILES string of the molecule is Cc1oc(C(=O)O)cc1CNCC1CCC(O)C1. The molecule has 0 radical (unpaired) electrons. The number of carbonyl (C=O) groups is 1. The first-order chi connectivity index (χ1) is 8.56. The minimum atomic E-state index is -1.04. The molecule has 2 unspecified atom stereocenters.